The Morgan fingerprint density at radius 2 is 1.80 bits per heavy atom. The lowest BCUT2D eigenvalue weighted by Crippen LogP contribution is -2.54. The van der Waals surface area contributed by atoms with Gasteiger partial charge in [-0.15, -0.1) is 0 Å². The summed E-state index contributed by atoms with van der Waals surface area (Å²) in [5.41, 5.74) is 2.46. The van der Waals surface area contributed by atoms with Crippen molar-refractivity contribution in [2.45, 2.75) is 63.5 Å². The van der Waals surface area contributed by atoms with E-state index in [1.54, 1.807) is 36.4 Å². The van der Waals surface area contributed by atoms with E-state index in [-0.39, 0.29) is 46.8 Å². The van der Waals surface area contributed by atoms with Crippen molar-refractivity contribution in [2.24, 2.45) is 0 Å². The highest BCUT2D eigenvalue weighted by atomic mass is 35.5. The van der Waals surface area contributed by atoms with Crippen LogP contribution in [0.25, 0.3) is 10.9 Å². The van der Waals surface area contributed by atoms with Crippen LogP contribution in [0.15, 0.2) is 67.0 Å². The van der Waals surface area contributed by atoms with Gasteiger partial charge in [-0.2, -0.15) is 0 Å². The first-order chi connectivity index (χ1) is 29.5. The number of carbonyl (C=O) groups excluding carboxylic acids is 6. The van der Waals surface area contributed by atoms with Gasteiger partial charge in [0.25, 0.3) is 11.8 Å². The number of rotatable bonds is 16. The van der Waals surface area contributed by atoms with Crippen LogP contribution in [-0.4, -0.2) is 101 Å². The number of methoxy groups -OCH3 is 1. The maximum absolute atomic E-state index is 13.7. The molecule has 16 nitrogen and oxygen atoms in total. The van der Waals surface area contributed by atoms with Gasteiger partial charge in [-0.05, 0) is 68.5 Å². The number of unbranched alkanes of at least 4 members (excludes halogenated alkanes) is 2. The topological polar surface area (TPSA) is 204 Å². The van der Waals surface area contributed by atoms with Gasteiger partial charge in [0, 0.05) is 74.0 Å². The number of imide groups is 2. The van der Waals surface area contributed by atoms with Gasteiger partial charge < -0.3 is 26.0 Å². The second-order valence-corrected chi connectivity index (χ2v) is 15.4. The van der Waals surface area contributed by atoms with E-state index in [1.165, 1.54) is 37.7 Å². The van der Waals surface area contributed by atoms with Crippen molar-refractivity contribution in [3.63, 3.8) is 0 Å². The van der Waals surface area contributed by atoms with E-state index in [0.29, 0.717) is 65.5 Å². The Balaban J connectivity index is 0.801. The molecule has 6 amide bonds. The van der Waals surface area contributed by atoms with Gasteiger partial charge in [0.15, 0.2) is 0 Å². The number of anilines is 4. The molecule has 0 spiro atoms. The lowest BCUT2D eigenvalue weighted by molar-refractivity contribution is -0.136. The Bertz CT molecular complexity index is 2410. The molecule has 1 aromatic heterocycles. The first-order valence-corrected chi connectivity index (χ1v) is 20.5. The first-order valence-electron chi connectivity index (χ1n) is 20.1. The van der Waals surface area contributed by atoms with E-state index in [4.69, 9.17) is 16.3 Å². The molecule has 7 rings (SSSR count). The number of ether oxygens (including phenoxy) is 1. The summed E-state index contributed by atoms with van der Waals surface area (Å²) in [7, 11) is 1.50. The number of nitrogens with zero attached hydrogens (tertiary/aromatic N) is 4. The Kier molecular flexibility index (Phi) is 13.5. The van der Waals surface area contributed by atoms with Crippen LogP contribution in [0.5, 0.6) is 5.75 Å². The van der Waals surface area contributed by atoms with Crippen LogP contribution in [0.2, 0.25) is 5.02 Å². The molecule has 5 N–H and O–H groups in total. The minimum absolute atomic E-state index is 0.0000545. The van der Waals surface area contributed by atoms with Crippen molar-refractivity contribution in [2.75, 3.05) is 49.2 Å². The average molecular weight is 854 g/mol. The predicted octanol–water partition coefficient (Wildman–Crippen LogP) is 5.32. The molecule has 0 saturated carbocycles. The maximum Gasteiger partial charge on any atom is 0.264 e. The van der Waals surface area contributed by atoms with Crippen LogP contribution in [0.4, 0.5) is 27.3 Å². The van der Waals surface area contributed by atoms with Crippen molar-refractivity contribution >= 4 is 80.8 Å². The summed E-state index contributed by atoms with van der Waals surface area (Å²) in [4.78, 5) is 87.9. The first kappa shape index (κ1) is 42.7. The smallest absolute Gasteiger partial charge is 0.264 e. The summed E-state index contributed by atoms with van der Waals surface area (Å²) in [5.74, 6) is -2.22. The molecule has 3 aliphatic heterocycles. The lowest BCUT2D eigenvalue weighted by Gasteiger charge is -2.31. The number of aromatic nitrogens is 2. The van der Waals surface area contributed by atoms with Gasteiger partial charge in [-0.1, -0.05) is 30.2 Å². The fourth-order valence-corrected chi connectivity index (χ4v) is 7.86. The zero-order valence-corrected chi connectivity index (χ0v) is 34.1. The number of hydrogen-bond donors (Lipinski definition) is 5. The van der Waals surface area contributed by atoms with Gasteiger partial charge in [-0.25, -0.2) is 14.4 Å². The van der Waals surface area contributed by atoms with Crippen LogP contribution in [0.3, 0.4) is 0 Å². The molecule has 318 valence electrons. The van der Waals surface area contributed by atoms with E-state index >= 15 is 0 Å². The number of hydrogen-bond acceptors (Lipinski definition) is 12. The van der Waals surface area contributed by atoms with E-state index in [0.717, 1.165) is 43.7 Å². The third-order valence-corrected chi connectivity index (χ3v) is 11.1. The molecule has 0 aliphatic carbocycles. The minimum atomic E-state index is -1.02. The van der Waals surface area contributed by atoms with Gasteiger partial charge >= 0.3 is 0 Å². The van der Waals surface area contributed by atoms with Crippen molar-refractivity contribution in [1.29, 1.82) is 0 Å². The summed E-state index contributed by atoms with van der Waals surface area (Å²) >= 11 is 5.95. The maximum atomic E-state index is 13.7. The third kappa shape index (κ3) is 10.1. The SMILES string of the molecule is COc1cc2ncnc(Nc3ccc(F)c(Cl)c3)c2cc1NC(=O)/C=C/CN1CCC(NC(=O)CCCCCNc2cccc3c2C(=O)N(C2CCC(=O)NC2=O)C3=O)CC1. The molecular weight excluding hydrogens is 809 g/mol. The Morgan fingerprint density at radius 3 is 2.57 bits per heavy atom. The minimum Gasteiger partial charge on any atom is -0.494 e. The number of fused-ring (bicyclic) bond motifs is 2. The van der Waals surface area contributed by atoms with Crippen LogP contribution >= 0.6 is 11.6 Å². The standard InChI is InChI=1S/C43H45ClFN9O7/c1-61-35-23-32-28(40(48-24-47-32)50-26-11-12-30(45)29(44)21-26)22-33(35)51-37(56)10-6-18-53-19-15-25(16-20-53)49-36(55)9-3-2-4-17-46-31-8-5-7-27-39(31)43(60)54(42(27)59)34-13-14-38(57)52-41(34)58/h5-8,10-12,21-25,34,46H,2-4,9,13-20H2,1H3,(H,49,55)(H,51,56)(H,47,48,50)(H,52,57,58)/b10-6+. The lowest BCUT2D eigenvalue weighted by atomic mass is 10.0. The number of amides is 6. The fraction of sp³-hybridized carbons (Fsp3) is 0.349. The monoisotopic (exact) mass is 853 g/mol. The zero-order valence-electron chi connectivity index (χ0n) is 33.4. The van der Waals surface area contributed by atoms with Crippen molar-refractivity contribution in [3.8, 4) is 5.75 Å². The van der Waals surface area contributed by atoms with Crippen LogP contribution in [0.1, 0.15) is 72.1 Å². The fourth-order valence-electron chi connectivity index (χ4n) is 7.68. The molecule has 3 aliphatic rings. The number of piperidine rings is 2. The summed E-state index contributed by atoms with van der Waals surface area (Å²) < 4.78 is 19.2. The molecule has 1 unspecified atom stereocenters. The van der Waals surface area contributed by atoms with E-state index in [2.05, 4.69) is 41.5 Å². The van der Waals surface area contributed by atoms with E-state index in [9.17, 15) is 33.2 Å². The molecule has 2 fully saturated rings. The van der Waals surface area contributed by atoms with Crippen molar-refractivity contribution in [1.82, 2.24) is 30.4 Å². The van der Waals surface area contributed by atoms with Gasteiger partial charge in [-0.3, -0.25) is 43.9 Å². The molecule has 3 aromatic carbocycles. The number of nitrogens with one attached hydrogen (secondary N) is 5. The third-order valence-electron chi connectivity index (χ3n) is 10.8. The Hall–Kier alpha value is -6.46. The van der Waals surface area contributed by atoms with Gasteiger partial charge in [0.1, 0.15) is 29.8 Å². The molecule has 18 heteroatoms. The van der Waals surface area contributed by atoms with E-state index in [1.807, 2.05) is 0 Å². The van der Waals surface area contributed by atoms with Crippen LogP contribution < -0.4 is 31.3 Å². The highest BCUT2D eigenvalue weighted by molar-refractivity contribution is 6.31. The summed E-state index contributed by atoms with van der Waals surface area (Å²) in [6.07, 6.45) is 8.96. The van der Waals surface area contributed by atoms with Gasteiger partial charge in [0.05, 0.1) is 34.5 Å². The second-order valence-electron chi connectivity index (χ2n) is 15.0. The molecule has 4 heterocycles. The predicted molar refractivity (Wildman–Crippen MR) is 226 cm³/mol. The molecule has 4 aromatic rings. The number of carbonyl (C=O) groups is 6. The number of halogens is 2. The highest BCUT2D eigenvalue weighted by Gasteiger charge is 2.45. The number of likely N-dealkylation sites (tertiary alicyclic amines) is 1. The molecule has 0 bridgehead atoms. The van der Waals surface area contributed by atoms with E-state index < -0.39 is 35.5 Å². The summed E-state index contributed by atoms with van der Waals surface area (Å²) in [5, 5.41) is 15.1. The molecule has 1 atom stereocenters. The van der Waals surface area contributed by atoms with Crippen LogP contribution in [-0.2, 0) is 19.2 Å². The second kappa shape index (κ2) is 19.3. The van der Waals surface area contributed by atoms with Gasteiger partial charge in [0.2, 0.25) is 23.6 Å². The largest absolute Gasteiger partial charge is 0.494 e. The van der Waals surface area contributed by atoms with Crippen molar-refractivity contribution in [3.05, 3.63) is 89.0 Å². The average Bonchev–Trinajstić information content (AvgIpc) is 3.50. The summed E-state index contributed by atoms with van der Waals surface area (Å²) in [6.45, 7) is 2.61. The molecule has 2 saturated heterocycles. The zero-order chi connectivity index (χ0) is 43.0. The Labute approximate surface area is 355 Å². The number of benzene rings is 3. The molecular formula is C43H45ClFN9O7. The van der Waals surface area contributed by atoms with Crippen LogP contribution in [0, 0.1) is 5.82 Å². The molecule has 61 heavy (non-hydrogen) atoms. The normalized spacial score (nSPS) is 17.1. The Morgan fingerprint density at radius 1 is 0.984 bits per heavy atom. The highest BCUT2D eigenvalue weighted by Crippen LogP contribution is 2.35. The quantitative estimate of drug-likeness (QED) is 0.0552. The summed E-state index contributed by atoms with van der Waals surface area (Å²) in [6, 6.07) is 11.6. The molecule has 0 radical (unpaired) electrons. The van der Waals surface area contributed by atoms with Crippen molar-refractivity contribution < 1.29 is 37.9 Å².